The normalized spacial score (nSPS) is 9.89. The van der Waals surface area contributed by atoms with Gasteiger partial charge in [-0.05, 0) is 24.3 Å². The van der Waals surface area contributed by atoms with Crippen LogP contribution in [0.15, 0.2) is 24.5 Å². The number of aromatic nitrogens is 1. The van der Waals surface area contributed by atoms with Crippen LogP contribution in [0.5, 0.6) is 0 Å². The van der Waals surface area contributed by atoms with Gasteiger partial charge in [-0.25, -0.2) is 0 Å². The molecule has 0 saturated carbocycles. The summed E-state index contributed by atoms with van der Waals surface area (Å²) in [4.78, 5) is 0. The van der Waals surface area contributed by atoms with Crippen molar-refractivity contribution in [3.05, 3.63) is 24.5 Å². The lowest BCUT2D eigenvalue weighted by Gasteiger charge is -1.97. The summed E-state index contributed by atoms with van der Waals surface area (Å²) >= 11 is 4.12. The zero-order valence-corrected chi connectivity index (χ0v) is 6.22. The van der Waals surface area contributed by atoms with Gasteiger partial charge in [-0.15, -0.1) is 0 Å². The number of nitrogens with zero attached hydrogens (tertiary/aromatic N) is 1. The van der Waals surface area contributed by atoms with Crippen molar-refractivity contribution in [2.24, 2.45) is 0 Å². The van der Waals surface area contributed by atoms with Gasteiger partial charge in [0.05, 0.1) is 0 Å². The van der Waals surface area contributed by atoms with Crippen molar-refractivity contribution in [1.82, 2.24) is 4.57 Å². The molecule has 0 spiro atoms. The van der Waals surface area contributed by atoms with Crippen LogP contribution in [-0.2, 0) is 6.54 Å². The van der Waals surface area contributed by atoms with Crippen molar-refractivity contribution >= 4 is 12.6 Å². The molecule has 9 heavy (non-hydrogen) atoms. The average molecular weight is 141 g/mol. The van der Waals surface area contributed by atoms with Crippen LogP contribution in [0.25, 0.3) is 0 Å². The van der Waals surface area contributed by atoms with Gasteiger partial charge in [0.1, 0.15) is 0 Å². The molecule has 0 aromatic carbocycles. The smallest absolute Gasteiger partial charge is 0.0227 e. The van der Waals surface area contributed by atoms with E-state index >= 15 is 0 Å². The van der Waals surface area contributed by atoms with Crippen LogP contribution >= 0.6 is 12.6 Å². The molecule has 0 aliphatic rings. The summed E-state index contributed by atoms with van der Waals surface area (Å²) in [6, 6.07) is 4.08. The lowest BCUT2D eigenvalue weighted by Crippen LogP contribution is -1.93. The molecule has 0 aliphatic carbocycles. The first-order valence-electron chi connectivity index (χ1n) is 3.15. The van der Waals surface area contributed by atoms with Crippen LogP contribution in [0.3, 0.4) is 0 Å². The standard InChI is InChI=1S/C7H11NS/c9-7-3-6-8-4-1-2-5-8/h1-2,4-5,9H,3,6-7H2. The quantitative estimate of drug-likeness (QED) is 0.613. The Bertz CT molecular complexity index is 146. The summed E-state index contributed by atoms with van der Waals surface area (Å²) in [5.41, 5.74) is 0. The fraction of sp³-hybridized carbons (Fsp3) is 0.429. The minimum Gasteiger partial charge on any atom is -0.354 e. The Kier molecular flexibility index (Phi) is 2.71. The third kappa shape index (κ3) is 2.14. The number of thiol groups is 1. The molecule has 0 bridgehead atoms. The van der Waals surface area contributed by atoms with Crippen LogP contribution in [0, 0.1) is 0 Å². The highest BCUT2D eigenvalue weighted by Crippen LogP contribution is 1.93. The molecular formula is C7H11NS. The summed E-state index contributed by atoms with van der Waals surface area (Å²) in [7, 11) is 0. The topological polar surface area (TPSA) is 4.93 Å². The van der Waals surface area contributed by atoms with Crippen LogP contribution in [0.4, 0.5) is 0 Å². The van der Waals surface area contributed by atoms with Crippen molar-refractivity contribution in [1.29, 1.82) is 0 Å². The third-order valence-electron chi connectivity index (χ3n) is 1.24. The van der Waals surface area contributed by atoms with Gasteiger partial charge < -0.3 is 4.57 Å². The Morgan fingerprint density at radius 3 is 2.44 bits per heavy atom. The van der Waals surface area contributed by atoms with Crippen molar-refractivity contribution in [3.8, 4) is 0 Å². The van der Waals surface area contributed by atoms with Gasteiger partial charge in [0.15, 0.2) is 0 Å². The molecule has 2 heteroatoms. The van der Waals surface area contributed by atoms with E-state index in [9.17, 15) is 0 Å². The number of aryl methyl sites for hydroxylation is 1. The SMILES string of the molecule is SCCCn1cccc1. The van der Waals surface area contributed by atoms with E-state index in [1.165, 1.54) is 0 Å². The second-order valence-corrected chi connectivity index (χ2v) is 2.45. The second-order valence-electron chi connectivity index (χ2n) is 2.00. The van der Waals surface area contributed by atoms with Crippen LogP contribution in [0.1, 0.15) is 6.42 Å². The minimum absolute atomic E-state index is 0.970. The van der Waals surface area contributed by atoms with E-state index < -0.39 is 0 Å². The Morgan fingerprint density at radius 2 is 1.89 bits per heavy atom. The molecule has 0 radical (unpaired) electrons. The van der Waals surface area contributed by atoms with Gasteiger partial charge in [-0.3, -0.25) is 0 Å². The van der Waals surface area contributed by atoms with Crippen molar-refractivity contribution in [3.63, 3.8) is 0 Å². The third-order valence-corrected chi connectivity index (χ3v) is 1.56. The summed E-state index contributed by atoms with van der Waals surface area (Å²) in [5.74, 6) is 0.970. The fourth-order valence-electron chi connectivity index (χ4n) is 0.773. The number of hydrogen-bond acceptors (Lipinski definition) is 1. The van der Waals surface area contributed by atoms with E-state index in [-0.39, 0.29) is 0 Å². The number of hydrogen-bond donors (Lipinski definition) is 1. The Balaban J connectivity index is 2.30. The Hall–Kier alpha value is -0.370. The molecule has 1 aromatic rings. The highest BCUT2D eigenvalue weighted by Gasteiger charge is 1.84. The summed E-state index contributed by atoms with van der Waals surface area (Å²) in [5, 5.41) is 0. The monoisotopic (exact) mass is 141 g/mol. The first-order valence-corrected chi connectivity index (χ1v) is 3.78. The van der Waals surface area contributed by atoms with Gasteiger partial charge in [-0.1, -0.05) is 0 Å². The zero-order chi connectivity index (χ0) is 6.53. The molecule has 1 rings (SSSR count). The predicted octanol–water partition coefficient (Wildman–Crippen LogP) is 1.81. The fourth-order valence-corrected chi connectivity index (χ4v) is 0.914. The highest BCUT2D eigenvalue weighted by molar-refractivity contribution is 7.80. The lowest BCUT2D eigenvalue weighted by molar-refractivity contribution is 0.689. The maximum Gasteiger partial charge on any atom is 0.0227 e. The lowest BCUT2D eigenvalue weighted by atomic mass is 10.5. The van der Waals surface area contributed by atoms with Crippen molar-refractivity contribution in [2.45, 2.75) is 13.0 Å². The van der Waals surface area contributed by atoms with E-state index in [1.807, 2.05) is 12.1 Å². The molecule has 0 fully saturated rings. The molecule has 0 amide bonds. The molecule has 0 unspecified atom stereocenters. The summed E-state index contributed by atoms with van der Waals surface area (Å²) in [6.07, 6.45) is 5.30. The summed E-state index contributed by atoms with van der Waals surface area (Å²) < 4.78 is 2.16. The second kappa shape index (κ2) is 3.62. The van der Waals surface area contributed by atoms with Gasteiger partial charge in [0.25, 0.3) is 0 Å². The highest BCUT2D eigenvalue weighted by atomic mass is 32.1. The van der Waals surface area contributed by atoms with Crippen LogP contribution < -0.4 is 0 Å². The van der Waals surface area contributed by atoms with Gasteiger partial charge in [-0.2, -0.15) is 12.6 Å². The van der Waals surface area contributed by atoms with E-state index in [4.69, 9.17) is 0 Å². The van der Waals surface area contributed by atoms with Crippen LogP contribution in [0.2, 0.25) is 0 Å². The summed E-state index contributed by atoms with van der Waals surface area (Å²) in [6.45, 7) is 1.09. The largest absolute Gasteiger partial charge is 0.354 e. The minimum atomic E-state index is 0.970. The van der Waals surface area contributed by atoms with E-state index in [0.717, 1.165) is 18.7 Å². The van der Waals surface area contributed by atoms with Crippen LogP contribution in [-0.4, -0.2) is 10.3 Å². The van der Waals surface area contributed by atoms with E-state index in [0.29, 0.717) is 0 Å². The molecule has 0 atom stereocenters. The van der Waals surface area contributed by atoms with Crippen molar-refractivity contribution < 1.29 is 0 Å². The Labute approximate surface area is 61.1 Å². The predicted molar refractivity (Wildman–Crippen MR) is 42.9 cm³/mol. The molecular weight excluding hydrogens is 130 g/mol. The maximum atomic E-state index is 4.12. The van der Waals surface area contributed by atoms with Gasteiger partial charge in [0.2, 0.25) is 0 Å². The van der Waals surface area contributed by atoms with Gasteiger partial charge in [0, 0.05) is 18.9 Å². The molecule has 0 N–H and O–H groups in total. The van der Waals surface area contributed by atoms with E-state index in [1.54, 1.807) is 0 Å². The number of rotatable bonds is 3. The molecule has 1 nitrogen and oxygen atoms in total. The molecule has 1 heterocycles. The molecule has 0 saturated heterocycles. The molecule has 50 valence electrons. The average Bonchev–Trinajstić information content (AvgIpc) is 2.34. The molecule has 0 aliphatic heterocycles. The van der Waals surface area contributed by atoms with Crippen molar-refractivity contribution in [2.75, 3.05) is 5.75 Å². The van der Waals surface area contributed by atoms with Gasteiger partial charge >= 0.3 is 0 Å². The Morgan fingerprint density at radius 1 is 1.22 bits per heavy atom. The zero-order valence-electron chi connectivity index (χ0n) is 5.33. The van der Waals surface area contributed by atoms with E-state index in [2.05, 4.69) is 29.6 Å². The maximum absolute atomic E-state index is 4.12. The molecule has 1 aromatic heterocycles. The first-order chi connectivity index (χ1) is 4.43. The first kappa shape index (κ1) is 6.75.